The van der Waals surface area contributed by atoms with E-state index in [2.05, 4.69) is 39.4 Å². The molecule has 1 saturated heterocycles. The summed E-state index contributed by atoms with van der Waals surface area (Å²) in [6.45, 7) is 0. The molecule has 2 unspecified atom stereocenters. The van der Waals surface area contributed by atoms with E-state index in [0.29, 0.717) is 12.3 Å². The average Bonchev–Trinajstić information content (AvgIpc) is 2.62. The molecule has 1 aliphatic heterocycles. The fourth-order valence-corrected chi connectivity index (χ4v) is 2.93. The van der Waals surface area contributed by atoms with Crippen molar-refractivity contribution in [3.05, 3.63) is 33.8 Å². The van der Waals surface area contributed by atoms with E-state index in [1.54, 1.807) is 0 Å². The Morgan fingerprint density at radius 1 is 1.36 bits per heavy atom. The highest BCUT2D eigenvalue weighted by atomic mass is 79.9. The van der Waals surface area contributed by atoms with Crippen LogP contribution in [-0.4, -0.2) is 5.91 Å². The predicted octanol–water partition coefficient (Wildman–Crippen LogP) is 2.18. The van der Waals surface area contributed by atoms with E-state index in [1.807, 2.05) is 0 Å². The van der Waals surface area contributed by atoms with Crippen molar-refractivity contribution in [2.24, 2.45) is 5.92 Å². The molecule has 0 spiro atoms. The van der Waals surface area contributed by atoms with Gasteiger partial charge in [0.1, 0.15) is 0 Å². The molecule has 14 heavy (non-hydrogen) atoms. The summed E-state index contributed by atoms with van der Waals surface area (Å²) >= 11 is 3.46. The topological polar surface area (TPSA) is 29.1 Å². The van der Waals surface area contributed by atoms with Gasteiger partial charge in [-0.3, -0.25) is 4.79 Å². The number of amides is 1. The lowest BCUT2D eigenvalue weighted by atomic mass is 10.0. The third kappa shape index (κ3) is 1.12. The van der Waals surface area contributed by atoms with Crippen molar-refractivity contribution in [1.82, 2.24) is 5.32 Å². The van der Waals surface area contributed by atoms with Crippen molar-refractivity contribution in [2.45, 2.75) is 18.9 Å². The van der Waals surface area contributed by atoms with Gasteiger partial charge in [0.25, 0.3) is 0 Å². The molecule has 1 aliphatic carbocycles. The van der Waals surface area contributed by atoms with Gasteiger partial charge in [0.15, 0.2) is 0 Å². The maximum absolute atomic E-state index is 11.2. The first-order valence-corrected chi connectivity index (χ1v) is 5.61. The van der Waals surface area contributed by atoms with E-state index in [9.17, 15) is 4.79 Å². The quantitative estimate of drug-likeness (QED) is 0.753. The lowest BCUT2D eigenvalue weighted by molar-refractivity contribution is -0.119. The second-order valence-corrected chi connectivity index (χ2v) is 4.97. The largest absolute Gasteiger partial charge is 0.349 e. The van der Waals surface area contributed by atoms with Crippen molar-refractivity contribution in [3.8, 4) is 0 Å². The van der Waals surface area contributed by atoms with Crippen LogP contribution in [0.5, 0.6) is 0 Å². The van der Waals surface area contributed by atoms with Crippen LogP contribution in [-0.2, 0) is 11.2 Å². The minimum atomic E-state index is 0.200. The molecule has 0 aromatic heterocycles. The highest BCUT2D eigenvalue weighted by molar-refractivity contribution is 9.10. The fraction of sp³-hybridized carbons (Fsp3) is 0.364. The van der Waals surface area contributed by atoms with E-state index in [4.69, 9.17) is 0 Å². The van der Waals surface area contributed by atoms with Gasteiger partial charge in [0.05, 0.1) is 6.04 Å². The Morgan fingerprint density at radius 2 is 2.21 bits per heavy atom. The Balaban J connectivity index is 2.07. The number of benzene rings is 1. The molecular weight excluding hydrogens is 242 g/mol. The van der Waals surface area contributed by atoms with Crippen molar-refractivity contribution in [2.75, 3.05) is 0 Å². The van der Waals surface area contributed by atoms with Crippen LogP contribution in [0.25, 0.3) is 0 Å². The maximum atomic E-state index is 11.2. The van der Waals surface area contributed by atoms with Crippen LogP contribution in [0.2, 0.25) is 0 Å². The summed E-state index contributed by atoms with van der Waals surface area (Å²) in [7, 11) is 0. The fourth-order valence-electron chi connectivity index (χ4n) is 2.55. The molecule has 3 heteroatoms. The Labute approximate surface area is 90.8 Å². The van der Waals surface area contributed by atoms with Gasteiger partial charge in [-0.15, -0.1) is 0 Å². The Kier molecular flexibility index (Phi) is 1.71. The smallest absolute Gasteiger partial charge is 0.220 e. The zero-order valence-corrected chi connectivity index (χ0v) is 9.17. The zero-order chi connectivity index (χ0) is 9.71. The molecule has 1 aromatic rings. The molecule has 72 valence electrons. The molecule has 1 fully saturated rings. The summed E-state index contributed by atoms with van der Waals surface area (Å²) in [6, 6.07) is 6.63. The first-order chi connectivity index (χ1) is 6.74. The minimum absolute atomic E-state index is 0.200. The summed E-state index contributed by atoms with van der Waals surface area (Å²) in [6.07, 6.45) is 1.74. The molecule has 1 heterocycles. The van der Waals surface area contributed by atoms with Gasteiger partial charge in [-0.2, -0.15) is 0 Å². The molecule has 0 bridgehead atoms. The summed E-state index contributed by atoms with van der Waals surface area (Å²) in [5, 5.41) is 3.04. The van der Waals surface area contributed by atoms with Gasteiger partial charge in [-0.1, -0.05) is 22.0 Å². The molecular formula is C11H10BrNO. The third-order valence-corrected chi connectivity index (χ3v) is 3.65. The molecule has 2 aliphatic rings. The molecule has 1 N–H and O–H groups in total. The summed E-state index contributed by atoms with van der Waals surface area (Å²) in [5.41, 5.74) is 2.69. The van der Waals surface area contributed by atoms with Gasteiger partial charge < -0.3 is 5.32 Å². The first kappa shape index (κ1) is 8.48. The van der Waals surface area contributed by atoms with Gasteiger partial charge in [0, 0.05) is 10.9 Å². The van der Waals surface area contributed by atoms with Crippen LogP contribution in [0.1, 0.15) is 23.6 Å². The number of halogens is 1. The first-order valence-electron chi connectivity index (χ1n) is 4.82. The van der Waals surface area contributed by atoms with Gasteiger partial charge in [-0.05, 0) is 35.6 Å². The second kappa shape index (κ2) is 2.83. The normalized spacial score (nSPS) is 28.5. The summed E-state index contributed by atoms with van der Waals surface area (Å²) in [4.78, 5) is 11.2. The Hall–Kier alpha value is -0.830. The SMILES string of the molecule is O=C1CC2Cc3ccc(Br)cc3C2N1. The monoisotopic (exact) mass is 251 g/mol. The third-order valence-electron chi connectivity index (χ3n) is 3.16. The predicted molar refractivity (Wildman–Crippen MR) is 56.8 cm³/mol. The number of hydrogen-bond donors (Lipinski definition) is 1. The number of fused-ring (bicyclic) bond motifs is 3. The number of carbonyl (C=O) groups is 1. The Morgan fingerprint density at radius 3 is 3.07 bits per heavy atom. The highest BCUT2D eigenvalue weighted by Gasteiger charge is 2.39. The summed E-state index contributed by atoms with van der Waals surface area (Å²) in [5.74, 6) is 0.692. The standard InChI is InChI=1S/C11H10BrNO/c12-8-2-1-6-3-7-4-10(14)13-11(7)9(6)5-8/h1-2,5,7,11H,3-4H2,(H,13,14). The molecule has 2 nitrogen and oxygen atoms in total. The number of hydrogen-bond acceptors (Lipinski definition) is 1. The van der Waals surface area contributed by atoms with Crippen molar-refractivity contribution < 1.29 is 4.79 Å². The minimum Gasteiger partial charge on any atom is -0.349 e. The zero-order valence-electron chi connectivity index (χ0n) is 7.59. The van der Waals surface area contributed by atoms with E-state index in [-0.39, 0.29) is 11.9 Å². The number of carbonyl (C=O) groups excluding carboxylic acids is 1. The van der Waals surface area contributed by atoms with Crippen LogP contribution in [0.4, 0.5) is 0 Å². The van der Waals surface area contributed by atoms with Gasteiger partial charge in [0.2, 0.25) is 5.91 Å². The molecule has 1 amide bonds. The van der Waals surface area contributed by atoms with Crippen LogP contribution in [0.15, 0.2) is 22.7 Å². The number of rotatable bonds is 0. The number of nitrogens with one attached hydrogen (secondary N) is 1. The van der Waals surface area contributed by atoms with E-state index < -0.39 is 0 Å². The molecule has 0 saturated carbocycles. The molecule has 2 atom stereocenters. The maximum Gasteiger partial charge on any atom is 0.220 e. The van der Waals surface area contributed by atoms with Crippen molar-refractivity contribution in [3.63, 3.8) is 0 Å². The van der Waals surface area contributed by atoms with Crippen LogP contribution in [0, 0.1) is 5.92 Å². The van der Waals surface area contributed by atoms with Crippen LogP contribution >= 0.6 is 15.9 Å². The molecule has 1 aromatic carbocycles. The lowest BCUT2D eigenvalue weighted by Crippen LogP contribution is -2.18. The van der Waals surface area contributed by atoms with Crippen LogP contribution in [0.3, 0.4) is 0 Å². The molecule has 0 radical (unpaired) electrons. The van der Waals surface area contributed by atoms with Crippen LogP contribution < -0.4 is 5.32 Å². The van der Waals surface area contributed by atoms with Crippen molar-refractivity contribution >= 4 is 21.8 Å². The Bertz CT molecular complexity index is 416. The van der Waals surface area contributed by atoms with E-state index in [1.165, 1.54) is 11.1 Å². The van der Waals surface area contributed by atoms with Crippen molar-refractivity contribution in [1.29, 1.82) is 0 Å². The van der Waals surface area contributed by atoms with Gasteiger partial charge >= 0.3 is 0 Å². The van der Waals surface area contributed by atoms with E-state index in [0.717, 1.165) is 10.9 Å². The summed E-state index contributed by atoms with van der Waals surface area (Å²) < 4.78 is 1.10. The van der Waals surface area contributed by atoms with E-state index >= 15 is 0 Å². The second-order valence-electron chi connectivity index (χ2n) is 4.06. The lowest BCUT2D eigenvalue weighted by Gasteiger charge is -2.09. The highest BCUT2D eigenvalue weighted by Crippen LogP contribution is 2.42. The molecule has 3 rings (SSSR count). The van der Waals surface area contributed by atoms with Gasteiger partial charge in [-0.25, -0.2) is 0 Å². The average molecular weight is 252 g/mol.